The van der Waals surface area contributed by atoms with E-state index >= 15 is 0 Å². The molecule has 2 heterocycles. The first kappa shape index (κ1) is 12.0. The fourth-order valence-corrected chi connectivity index (χ4v) is 1.10. The summed E-state index contributed by atoms with van der Waals surface area (Å²) in [5, 5.41) is 31.1. The minimum atomic E-state index is 0.432. The second kappa shape index (κ2) is 4.77. The van der Waals surface area contributed by atoms with Crippen LogP contribution in [0.3, 0.4) is 0 Å². The molecular formula is C8H12N10. The lowest BCUT2D eigenvalue weighted by Crippen LogP contribution is -2.02. The zero-order valence-electron chi connectivity index (χ0n) is 10.5. The third kappa shape index (κ3) is 2.59. The number of tetrazole rings is 2. The van der Waals surface area contributed by atoms with E-state index in [1.165, 1.54) is 9.59 Å². The Morgan fingerprint density at radius 1 is 0.833 bits per heavy atom. The summed E-state index contributed by atoms with van der Waals surface area (Å²) < 4.78 is 0. The molecule has 0 N–H and O–H groups in total. The van der Waals surface area contributed by atoms with E-state index in [9.17, 15) is 0 Å². The number of aromatic nitrogens is 8. The van der Waals surface area contributed by atoms with Gasteiger partial charge in [-0.05, 0) is 24.3 Å². The number of rotatable bonds is 3. The van der Waals surface area contributed by atoms with Gasteiger partial charge in [-0.3, -0.25) is 0 Å². The molecule has 0 atom stereocenters. The first-order valence-corrected chi connectivity index (χ1v) is 5.14. The molecule has 0 amide bonds. The topological polar surface area (TPSA) is 112 Å². The monoisotopic (exact) mass is 248 g/mol. The van der Waals surface area contributed by atoms with Crippen molar-refractivity contribution in [2.75, 3.05) is 0 Å². The van der Waals surface area contributed by atoms with Crippen LogP contribution in [-0.4, -0.2) is 51.8 Å². The van der Waals surface area contributed by atoms with E-state index in [2.05, 4.69) is 41.0 Å². The molecule has 0 fully saturated rings. The van der Waals surface area contributed by atoms with Crippen molar-refractivity contribution < 1.29 is 0 Å². The number of hydrogen-bond acceptors (Lipinski definition) is 8. The highest BCUT2D eigenvalue weighted by molar-refractivity contribution is 5.98. The molecule has 10 heteroatoms. The average Bonchev–Trinajstić information content (AvgIpc) is 2.94. The van der Waals surface area contributed by atoms with Crippen molar-refractivity contribution in [3.63, 3.8) is 0 Å². The SMILES string of the molecule is CC(=NN=C(C)c1nnn(C)n1)c1nnn(C)n1. The van der Waals surface area contributed by atoms with E-state index in [1.54, 1.807) is 27.9 Å². The van der Waals surface area contributed by atoms with Crippen LogP contribution >= 0.6 is 0 Å². The van der Waals surface area contributed by atoms with Gasteiger partial charge in [0.05, 0.1) is 14.1 Å². The molecule has 94 valence electrons. The van der Waals surface area contributed by atoms with Crippen molar-refractivity contribution in [3.8, 4) is 0 Å². The van der Waals surface area contributed by atoms with E-state index in [0.29, 0.717) is 23.1 Å². The predicted molar refractivity (Wildman–Crippen MR) is 62.0 cm³/mol. The fourth-order valence-electron chi connectivity index (χ4n) is 1.10. The van der Waals surface area contributed by atoms with Crippen LogP contribution in [-0.2, 0) is 14.1 Å². The standard InChI is InChI=1S/C8H12N10/c1-5(7-11-15-17(3)13-7)9-10-6(2)8-12-16-18(4)14-8/h1-4H3. The summed E-state index contributed by atoms with van der Waals surface area (Å²) >= 11 is 0. The maximum atomic E-state index is 4.01. The quantitative estimate of drug-likeness (QED) is 0.507. The molecule has 0 aromatic carbocycles. The average molecular weight is 248 g/mol. The van der Waals surface area contributed by atoms with Crippen LogP contribution in [0.2, 0.25) is 0 Å². The third-order valence-electron chi connectivity index (χ3n) is 2.01. The molecule has 2 rings (SSSR count). The maximum Gasteiger partial charge on any atom is 0.220 e. The molecule has 0 radical (unpaired) electrons. The Labute approximate surface area is 102 Å². The van der Waals surface area contributed by atoms with Crippen LogP contribution in [0.1, 0.15) is 25.5 Å². The van der Waals surface area contributed by atoms with Gasteiger partial charge in [0.2, 0.25) is 11.6 Å². The van der Waals surface area contributed by atoms with Gasteiger partial charge in [-0.15, -0.1) is 20.4 Å². The molecule has 10 nitrogen and oxygen atoms in total. The van der Waals surface area contributed by atoms with Crippen molar-refractivity contribution in [3.05, 3.63) is 11.6 Å². The predicted octanol–water partition coefficient (Wildman–Crippen LogP) is -1.03. The first-order valence-electron chi connectivity index (χ1n) is 5.14. The number of nitrogens with zero attached hydrogens (tertiary/aromatic N) is 10. The highest BCUT2D eigenvalue weighted by Gasteiger charge is 2.06. The Balaban J connectivity index is 2.18. The van der Waals surface area contributed by atoms with Gasteiger partial charge >= 0.3 is 0 Å². The molecule has 2 aromatic heterocycles. The van der Waals surface area contributed by atoms with Gasteiger partial charge in [0, 0.05) is 0 Å². The molecule has 0 bridgehead atoms. The molecule has 0 saturated carbocycles. The normalized spacial score (nSPS) is 13.1. The van der Waals surface area contributed by atoms with Gasteiger partial charge in [0.15, 0.2) is 0 Å². The van der Waals surface area contributed by atoms with Crippen molar-refractivity contribution in [2.24, 2.45) is 24.3 Å². The summed E-state index contributed by atoms with van der Waals surface area (Å²) in [6.07, 6.45) is 0. The second-order valence-corrected chi connectivity index (χ2v) is 3.58. The van der Waals surface area contributed by atoms with Gasteiger partial charge in [0.25, 0.3) is 0 Å². The summed E-state index contributed by atoms with van der Waals surface area (Å²) in [7, 11) is 3.36. The molecule has 0 spiro atoms. The number of hydrogen-bond donors (Lipinski definition) is 0. The van der Waals surface area contributed by atoms with E-state index in [1.807, 2.05) is 0 Å². The molecular weight excluding hydrogens is 236 g/mol. The highest BCUT2D eigenvalue weighted by Crippen LogP contribution is 1.95. The molecule has 2 aromatic rings. The Morgan fingerprint density at radius 3 is 1.50 bits per heavy atom. The fraction of sp³-hybridized carbons (Fsp3) is 0.500. The van der Waals surface area contributed by atoms with Crippen LogP contribution in [0.5, 0.6) is 0 Å². The van der Waals surface area contributed by atoms with Gasteiger partial charge in [0.1, 0.15) is 11.4 Å². The summed E-state index contributed by atoms with van der Waals surface area (Å²) in [6.45, 7) is 3.50. The van der Waals surface area contributed by atoms with Crippen LogP contribution in [0.15, 0.2) is 10.2 Å². The second-order valence-electron chi connectivity index (χ2n) is 3.58. The van der Waals surface area contributed by atoms with Gasteiger partial charge in [-0.2, -0.15) is 19.8 Å². The van der Waals surface area contributed by atoms with Gasteiger partial charge < -0.3 is 0 Å². The van der Waals surface area contributed by atoms with Crippen LogP contribution in [0.4, 0.5) is 0 Å². The van der Waals surface area contributed by atoms with Crippen LogP contribution in [0.25, 0.3) is 0 Å². The summed E-state index contributed by atoms with van der Waals surface area (Å²) in [4.78, 5) is 2.71. The summed E-state index contributed by atoms with van der Waals surface area (Å²) in [5.41, 5.74) is 1.12. The molecule has 0 aliphatic heterocycles. The molecule has 18 heavy (non-hydrogen) atoms. The summed E-state index contributed by atoms with van der Waals surface area (Å²) in [6, 6.07) is 0. The molecule has 0 aliphatic carbocycles. The van der Waals surface area contributed by atoms with Crippen LogP contribution < -0.4 is 0 Å². The van der Waals surface area contributed by atoms with Crippen molar-refractivity contribution in [1.82, 2.24) is 40.4 Å². The van der Waals surface area contributed by atoms with E-state index in [4.69, 9.17) is 0 Å². The zero-order valence-corrected chi connectivity index (χ0v) is 10.5. The van der Waals surface area contributed by atoms with E-state index in [0.717, 1.165) is 0 Å². The Kier molecular flexibility index (Phi) is 3.17. The lowest BCUT2D eigenvalue weighted by molar-refractivity contribution is 0.629. The van der Waals surface area contributed by atoms with Gasteiger partial charge in [-0.1, -0.05) is 0 Å². The minimum Gasteiger partial charge on any atom is -0.167 e. The van der Waals surface area contributed by atoms with Crippen LogP contribution in [0, 0.1) is 0 Å². The lowest BCUT2D eigenvalue weighted by Gasteiger charge is -1.91. The Bertz CT molecular complexity index is 549. The van der Waals surface area contributed by atoms with E-state index in [-0.39, 0.29) is 0 Å². The highest BCUT2D eigenvalue weighted by atomic mass is 15.6. The first-order chi connectivity index (χ1) is 8.56. The smallest absolute Gasteiger partial charge is 0.167 e. The largest absolute Gasteiger partial charge is 0.220 e. The minimum absolute atomic E-state index is 0.432. The molecule has 0 aliphatic rings. The molecule has 0 saturated heterocycles. The summed E-state index contributed by atoms with van der Waals surface area (Å²) in [5.74, 6) is 0.863. The Morgan fingerprint density at radius 2 is 1.22 bits per heavy atom. The van der Waals surface area contributed by atoms with Crippen molar-refractivity contribution in [1.29, 1.82) is 0 Å². The molecule has 0 unspecified atom stereocenters. The van der Waals surface area contributed by atoms with Crippen molar-refractivity contribution in [2.45, 2.75) is 13.8 Å². The van der Waals surface area contributed by atoms with E-state index < -0.39 is 0 Å². The zero-order chi connectivity index (χ0) is 13.1. The van der Waals surface area contributed by atoms with Gasteiger partial charge in [-0.25, -0.2) is 0 Å². The Hall–Kier alpha value is -2.52. The van der Waals surface area contributed by atoms with Crippen molar-refractivity contribution >= 4 is 11.4 Å². The lowest BCUT2D eigenvalue weighted by atomic mass is 10.4. The third-order valence-corrected chi connectivity index (χ3v) is 2.01. The number of aryl methyl sites for hydroxylation is 2. The maximum absolute atomic E-state index is 4.01.